The lowest BCUT2D eigenvalue weighted by molar-refractivity contribution is 0.415. The van der Waals surface area contributed by atoms with E-state index in [1.165, 1.54) is 0 Å². The summed E-state index contributed by atoms with van der Waals surface area (Å²) in [5.41, 5.74) is 3.23. The topological polar surface area (TPSA) is 54.1 Å². The maximum atomic E-state index is 12.2. The molecular formula is C18H17ClN2O2. The summed E-state index contributed by atoms with van der Waals surface area (Å²) in [5.74, 6) is 0.798. The van der Waals surface area contributed by atoms with E-state index in [0.29, 0.717) is 17.1 Å². The van der Waals surface area contributed by atoms with Gasteiger partial charge in [-0.15, -0.1) is 0 Å². The molecule has 0 unspecified atom stereocenters. The summed E-state index contributed by atoms with van der Waals surface area (Å²) in [6, 6.07) is 13.2. The summed E-state index contributed by atoms with van der Waals surface area (Å²) in [5, 5.41) is 4.86. The molecule has 3 rings (SSSR count). The van der Waals surface area contributed by atoms with Gasteiger partial charge < -0.3 is 15.0 Å². The molecule has 5 heteroatoms. The number of hydrogen-bond acceptors (Lipinski definition) is 3. The van der Waals surface area contributed by atoms with Crippen molar-refractivity contribution in [3.05, 3.63) is 69.0 Å². The van der Waals surface area contributed by atoms with Crippen LogP contribution >= 0.6 is 11.6 Å². The molecule has 2 aromatic carbocycles. The van der Waals surface area contributed by atoms with Crippen LogP contribution < -0.4 is 15.6 Å². The number of nitrogens with one attached hydrogen (secondary N) is 2. The Hall–Kier alpha value is -2.46. The summed E-state index contributed by atoms with van der Waals surface area (Å²) in [6.07, 6.45) is 0. The number of pyridine rings is 1. The first-order valence-electron chi connectivity index (χ1n) is 7.27. The molecule has 1 heterocycles. The lowest BCUT2D eigenvalue weighted by atomic mass is 10.1. The van der Waals surface area contributed by atoms with Crippen LogP contribution in [0.15, 0.2) is 47.3 Å². The lowest BCUT2D eigenvalue weighted by Gasteiger charge is -2.09. The Labute approximate surface area is 139 Å². The summed E-state index contributed by atoms with van der Waals surface area (Å²) in [7, 11) is 1.63. The largest absolute Gasteiger partial charge is 0.497 e. The molecule has 118 valence electrons. The van der Waals surface area contributed by atoms with E-state index in [0.717, 1.165) is 27.9 Å². The monoisotopic (exact) mass is 328 g/mol. The van der Waals surface area contributed by atoms with Crippen LogP contribution in [0.5, 0.6) is 5.75 Å². The first-order chi connectivity index (χ1) is 11.1. The van der Waals surface area contributed by atoms with E-state index in [1.54, 1.807) is 13.2 Å². The fourth-order valence-corrected chi connectivity index (χ4v) is 2.59. The molecule has 0 atom stereocenters. The number of aryl methyl sites for hydroxylation is 1. The predicted molar refractivity (Wildman–Crippen MR) is 94.6 cm³/mol. The molecule has 2 N–H and O–H groups in total. The number of anilines is 1. The zero-order valence-electron chi connectivity index (χ0n) is 12.9. The summed E-state index contributed by atoms with van der Waals surface area (Å²) >= 11 is 6.10. The normalized spacial score (nSPS) is 10.7. The number of aromatic nitrogens is 1. The van der Waals surface area contributed by atoms with Gasteiger partial charge in [-0.05, 0) is 60.3 Å². The number of H-pyrrole nitrogens is 1. The van der Waals surface area contributed by atoms with Crippen molar-refractivity contribution in [1.29, 1.82) is 0 Å². The van der Waals surface area contributed by atoms with Crippen LogP contribution in [-0.2, 0) is 6.54 Å². The Morgan fingerprint density at radius 2 is 1.91 bits per heavy atom. The first-order valence-corrected chi connectivity index (χ1v) is 7.64. The molecule has 0 amide bonds. The van der Waals surface area contributed by atoms with Gasteiger partial charge in [0.25, 0.3) is 5.56 Å². The number of hydrogen-bond donors (Lipinski definition) is 2. The highest BCUT2D eigenvalue weighted by Gasteiger charge is 2.05. The van der Waals surface area contributed by atoms with Gasteiger partial charge in [-0.2, -0.15) is 0 Å². The second-order valence-electron chi connectivity index (χ2n) is 5.39. The Morgan fingerprint density at radius 3 is 2.61 bits per heavy atom. The van der Waals surface area contributed by atoms with Gasteiger partial charge in [0.15, 0.2) is 0 Å². The second-order valence-corrected chi connectivity index (χ2v) is 5.80. The van der Waals surface area contributed by atoms with Gasteiger partial charge in [0.05, 0.1) is 7.11 Å². The average molecular weight is 329 g/mol. The van der Waals surface area contributed by atoms with E-state index in [9.17, 15) is 4.79 Å². The Bertz CT molecular complexity index is 901. The van der Waals surface area contributed by atoms with E-state index in [4.69, 9.17) is 16.3 Å². The number of ether oxygens (including phenoxy) is 1. The molecule has 23 heavy (non-hydrogen) atoms. The highest BCUT2D eigenvalue weighted by Crippen LogP contribution is 2.22. The minimum Gasteiger partial charge on any atom is -0.497 e. The Morgan fingerprint density at radius 1 is 1.17 bits per heavy atom. The van der Waals surface area contributed by atoms with Crippen molar-refractivity contribution >= 4 is 28.2 Å². The molecule has 0 radical (unpaired) electrons. The number of aromatic amines is 1. The minimum absolute atomic E-state index is 0.113. The third-order valence-electron chi connectivity index (χ3n) is 3.77. The third-order valence-corrected chi connectivity index (χ3v) is 4.18. The molecule has 0 bridgehead atoms. The van der Waals surface area contributed by atoms with Crippen molar-refractivity contribution in [3.63, 3.8) is 0 Å². The second kappa shape index (κ2) is 6.34. The fourth-order valence-electron chi connectivity index (χ4n) is 2.42. The van der Waals surface area contributed by atoms with Gasteiger partial charge in [0.1, 0.15) is 5.75 Å². The predicted octanol–water partition coefficient (Wildman–Crippen LogP) is 4.11. The summed E-state index contributed by atoms with van der Waals surface area (Å²) in [6.45, 7) is 2.39. The molecule has 3 aromatic rings. The van der Waals surface area contributed by atoms with E-state index in [-0.39, 0.29) is 5.56 Å². The van der Waals surface area contributed by atoms with Gasteiger partial charge in [-0.1, -0.05) is 11.6 Å². The fraction of sp³-hybridized carbons (Fsp3) is 0.167. The molecule has 1 aromatic heterocycles. The zero-order chi connectivity index (χ0) is 16.4. The van der Waals surface area contributed by atoms with Crippen molar-refractivity contribution in [1.82, 2.24) is 4.98 Å². The molecule has 0 aliphatic carbocycles. The molecule has 0 aliphatic rings. The summed E-state index contributed by atoms with van der Waals surface area (Å²) < 4.78 is 5.13. The highest BCUT2D eigenvalue weighted by atomic mass is 35.5. The van der Waals surface area contributed by atoms with E-state index in [2.05, 4.69) is 10.3 Å². The Balaban J connectivity index is 1.85. The van der Waals surface area contributed by atoms with Crippen LogP contribution in [0.4, 0.5) is 5.69 Å². The van der Waals surface area contributed by atoms with E-state index >= 15 is 0 Å². The van der Waals surface area contributed by atoms with Gasteiger partial charge in [0.2, 0.25) is 0 Å². The number of benzene rings is 2. The highest BCUT2D eigenvalue weighted by molar-refractivity contribution is 6.32. The van der Waals surface area contributed by atoms with Crippen LogP contribution in [0.2, 0.25) is 5.02 Å². The average Bonchev–Trinajstić information content (AvgIpc) is 2.55. The van der Waals surface area contributed by atoms with Crippen LogP contribution in [0, 0.1) is 6.92 Å². The minimum atomic E-state index is -0.113. The smallest absolute Gasteiger partial charge is 0.253 e. The lowest BCUT2D eigenvalue weighted by Crippen LogP contribution is -2.15. The van der Waals surface area contributed by atoms with E-state index < -0.39 is 0 Å². The van der Waals surface area contributed by atoms with Gasteiger partial charge in [0, 0.05) is 28.3 Å². The molecule has 0 saturated carbocycles. The number of fused-ring (bicyclic) bond motifs is 1. The van der Waals surface area contributed by atoms with Gasteiger partial charge in [-0.25, -0.2) is 0 Å². The molecule has 0 fully saturated rings. The molecule has 0 aliphatic heterocycles. The molecule has 0 saturated heterocycles. The van der Waals surface area contributed by atoms with Crippen LogP contribution in [0.25, 0.3) is 10.9 Å². The van der Waals surface area contributed by atoms with Crippen LogP contribution in [0.1, 0.15) is 11.1 Å². The zero-order valence-corrected chi connectivity index (χ0v) is 13.7. The molecule has 0 spiro atoms. The maximum Gasteiger partial charge on any atom is 0.253 e. The van der Waals surface area contributed by atoms with Crippen LogP contribution in [-0.4, -0.2) is 12.1 Å². The van der Waals surface area contributed by atoms with Crippen molar-refractivity contribution in [3.8, 4) is 5.75 Å². The Kier molecular flexibility index (Phi) is 4.26. The summed E-state index contributed by atoms with van der Waals surface area (Å²) in [4.78, 5) is 15.1. The quantitative estimate of drug-likeness (QED) is 0.757. The number of rotatable bonds is 4. The number of methoxy groups -OCH3 is 1. The van der Waals surface area contributed by atoms with Crippen molar-refractivity contribution in [2.75, 3.05) is 12.4 Å². The number of halogens is 1. The van der Waals surface area contributed by atoms with Crippen molar-refractivity contribution < 1.29 is 4.74 Å². The van der Waals surface area contributed by atoms with Crippen molar-refractivity contribution in [2.24, 2.45) is 0 Å². The maximum absolute atomic E-state index is 12.2. The van der Waals surface area contributed by atoms with Crippen LogP contribution in [0.3, 0.4) is 0 Å². The van der Waals surface area contributed by atoms with Gasteiger partial charge in [-0.3, -0.25) is 4.79 Å². The van der Waals surface area contributed by atoms with E-state index in [1.807, 2.05) is 43.3 Å². The molecular weight excluding hydrogens is 312 g/mol. The SMILES string of the molecule is COc1ccc(NCc2cc3cc(C)c(Cl)cc3[nH]c2=O)cc1. The standard InChI is InChI=1S/C18H17ClN2O2/c1-11-7-12-8-13(18(22)21-17(12)9-16(11)19)10-20-14-3-5-15(23-2)6-4-14/h3-9,20H,10H2,1-2H3,(H,21,22). The van der Waals surface area contributed by atoms with Gasteiger partial charge >= 0.3 is 0 Å². The first kappa shape index (κ1) is 15.4. The molecule has 4 nitrogen and oxygen atoms in total. The third kappa shape index (κ3) is 3.32. The van der Waals surface area contributed by atoms with Crippen molar-refractivity contribution in [2.45, 2.75) is 13.5 Å².